The Morgan fingerprint density at radius 1 is 0.104 bits per heavy atom. The molecule has 0 N–H and O–H groups in total. The van der Waals surface area contributed by atoms with Crippen molar-refractivity contribution in [3.05, 3.63) is 315 Å². The molecule has 0 fully saturated rings. The summed E-state index contributed by atoms with van der Waals surface area (Å²) in [6.45, 7) is 0. The molecule has 0 atom stereocenters. The first-order chi connectivity index (χ1) is 47.5. The van der Waals surface area contributed by atoms with Gasteiger partial charge >= 0.3 is 0 Å². The van der Waals surface area contributed by atoms with Crippen molar-refractivity contribution in [2.75, 3.05) is 0 Å². The SMILES string of the molecule is c1cc2ccc3cc(-c4cc5ccc6cc(-c7cc8ccc9cccc%10ccc(c7)c8c9%10)cc7ccc(c4)c5c67)cc4ccc(c1)c2c34.c1cc2ccc3cc(-c4cc5ccc6cc(-c7ccc8ccc9cccc%10ccc7c8c9%10)cc7ccc(c4)c5c67)cc4ccc(c1)c2c34. The third-order valence-electron chi connectivity index (χ3n) is 22.3. The highest BCUT2D eigenvalue weighted by Gasteiger charge is 2.20. The van der Waals surface area contributed by atoms with E-state index in [9.17, 15) is 0 Å². The highest BCUT2D eigenvalue weighted by molar-refractivity contribution is 6.31. The van der Waals surface area contributed by atoms with Gasteiger partial charge in [-0.1, -0.05) is 231 Å². The Balaban J connectivity index is 0.000000121. The maximum Gasteiger partial charge on any atom is -0.00206 e. The van der Waals surface area contributed by atoms with E-state index < -0.39 is 0 Å². The molecule has 0 amide bonds. The van der Waals surface area contributed by atoms with Gasteiger partial charge in [0.2, 0.25) is 0 Å². The number of benzene rings is 24. The third-order valence-corrected chi connectivity index (χ3v) is 22.3. The lowest BCUT2D eigenvalue weighted by atomic mass is 9.86. The molecule has 0 saturated carbocycles. The van der Waals surface area contributed by atoms with Crippen LogP contribution in [0, 0.1) is 0 Å². The predicted molar refractivity (Wildman–Crippen MR) is 417 cm³/mol. The lowest BCUT2D eigenvalue weighted by Gasteiger charge is -2.17. The second-order valence-corrected chi connectivity index (χ2v) is 27.4. The van der Waals surface area contributed by atoms with Crippen LogP contribution in [0.2, 0.25) is 0 Å². The number of hydrogen-bond acceptors (Lipinski definition) is 0. The molecule has 0 heterocycles. The molecule has 0 radical (unpaired) electrons. The minimum absolute atomic E-state index is 1.26. The molecule has 0 aliphatic carbocycles. The average molecular weight is 1210 g/mol. The monoisotopic (exact) mass is 1200 g/mol. The van der Waals surface area contributed by atoms with Crippen LogP contribution in [0.4, 0.5) is 0 Å². The van der Waals surface area contributed by atoms with Crippen molar-refractivity contribution >= 4 is 194 Å². The van der Waals surface area contributed by atoms with Crippen LogP contribution in [-0.2, 0) is 0 Å². The largest absolute Gasteiger partial charge is 0.0610 e. The molecule has 96 heavy (non-hydrogen) atoms. The highest BCUT2D eigenvalue weighted by atomic mass is 14.2. The molecule has 436 valence electrons. The Morgan fingerprint density at radius 2 is 0.250 bits per heavy atom. The van der Waals surface area contributed by atoms with E-state index in [1.165, 1.54) is 238 Å². The van der Waals surface area contributed by atoms with Crippen LogP contribution < -0.4 is 0 Å². The zero-order valence-electron chi connectivity index (χ0n) is 52.0. The smallest absolute Gasteiger partial charge is 0.00206 e. The molecule has 0 unspecified atom stereocenters. The van der Waals surface area contributed by atoms with Crippen molar-refractivity contribution in [3.8, 4) is 44.5 Å². The van der Waals surface area contributed by atoms with Crippen molar-refractivity contribution in [2.24, 2.45) is 0 Å². The van der Waals surface area contributed by atoms with Crippen LogP contribution in [0.25, 0.3) is 238 Å². The lowest BCUT2D eigenvalue weighted by Crippen LogP contribution is -1.90. The Hall–Kier alpha value is -12.5. The van der Waals surface area contributed by atoms with E-state index in [0.717, 1.165) is 0 Å². The molecule has 0 heteroatoms. The van der Waals surface area contributed by atoms with Crippen LogP contribution >= 0.6 is 0 Å². The number of hydrogen-bond donors (Lipinski definition) is 0. The molecule has 24 aromatic carbocycles. The first-order valence-electron chi connectivity index (χ1n) is 33.6. The quantitative estimate of drug-likeness (QED) is 0.154. The Kier molecular flexibility index (Phi) is 9.92. The van der Waals surface area contributed by atoms with Crippen molar-refractivity contribution in [1.29, 1.82) is 0 Å². The first-order valence-corrected chi connectivity index (χ1v) is 33.6. The van der Waals surface area contributed by atoms with E-state index in [2.05, 4.69) is 315 Å². The molecule has 0 bridgehead atoms. The van der Waals surface area contributed by atoms with E-state index in [0.29, 0.717) is 0 Å². The van der Waals surface area contributed by atoms with E-state index >= 15 is 0 Å². The fraction of sp³-hybridized carbons (Fsp3) is 0. The molecule has 0 aliphatic rings. The molecule has 0 aromatic heterocycles. The summed E-state index contributed by atoms with van der Waals surface area (Å²) in [5, 5.41) is 47.6. The second kappa shape index (κ2) is 18.6. The Morgan fingerprint density at radius 3 is 0.469 bits per heavy atom. The summed E-state index contributed by atoms with van der Waals surface area (Å²) in [6.07, 6.45) is 0. The fourth-order valence-corrected chi connectivity index (χ4v) is 18.1. The summed E-state index contributed by atoms with van der Waals surface area (Å²) in [5.41, 5.74) is 10.2. The molecular formula is C96H52. The van der Waals surface area contributed by atoms with Crippen LogP contribution in [0.3, 0.4) is 0 Å². The van der Waals surface area contributed by atoms with Gasteiger partial charge in [-0.3, -0.25) is 0 Å². The Bertz CT molecular complexity index is 6870. The van der Waals surface area contributed by atoms with Gasteiger partial charge in [-0.2, -0.15) is 0 Å². The summed E-state index contributed by atoms with van der Waals surface area (Å²) in [5.74, 6) is 0. The topological polar surface area (TPSA) is 0 Å². The molecule has 0 spiro atoms. The normalized spacial score (nSPS) is 12.6. The number of rotatable bonds is 4. The van der Waals surface area contributed by atoms with Crippen LogP contribution in [0.1, 0.15) is 0 Å². The Labute approximate surface area is 550 Å². The van der Waals surface area contributed by atoms with Gasteiger partial charge in [0, 0.05) is 0 Å². The van der Waals surface area contributed by atoms with E-state index in [4.69, 9.17) is 0 Å². The molecule has 24 rings (SSSR count). The second-order valence-electron chi connectivity index (χ2n) is 27.4. The van der Waals surface area contributed by atoms with Crippen LogP contribution in [0.5, 0.6) is 0 Å². The van der Waals surface area contributed by atoms with Gasteiger partial charge in [0.1, 0.15) is 0 Å². The van der Waals surface area contributed by atoms with Gasteiger partial charge in [0.25, 0.3) is 0 Å². The van der Waals surface area contributed by atoms with Gasteiger partial charge in [-0.05, 0) is 323 Å². The predicted octanol–water partition coefficient (Wildman–Crippen LogP) is 27.4. The van der Waals surface area contributed by atoms with Crippen molar-refractivity contribution < 1.29 is 0 Å². The van der Waals surface area contributed by atoms with Gasteiger partial charge in [0.15, 0.2) is 0 Å². The highest BCUT2D eigenvalue weighted by Crippen LogP contribution is 2.48. The van der Waals surface area contributed by atoms with E-state index in [1.54, 1.807) is 0 Å². The first kappa shape index (κ1) is 51.1. The zero-order valence-corrected chi connectivity index (χ0v) is 52.0. The van der Waals surface area contributed by atoms with Gasteiger partial charge in [0.05, 0.1) is 0 Å². The maximum atomic E-state index is 2.40. The maximum absolute atomic E-state index is 2.40. The minimum atomic E-state index is 1.26. The molecular weight excluding hydrogens is 1150 g/mol. The lowest BCUT2D eigenvalue weighted by molar-refractivity contribution is 1.70. The molecule has 0 nitrogen and oxygen atoms in total. The average Bonchev–Trinajstić information content (AvgIpc) is 0.741. The van der Waals surface area contributed by atoms with Gasteiger partial charge in [-0.15, -0.1) is 0 Å². The summed E-state index contributed by atoms with van der Waals surface area (Å²) >= 11 is 0. The van der Waals surface area contributed by atoms with Gasteiger partial charge < -0.3 is 0 Å². The van der Waals surface area contributed by atoms with Crippen molar-refractivity contribution in [1.82, 2.24) is 0 Å². The van der Waals surface area contributed by atoms with Gasteiger partial charge in [-0.25, -0.2) is 0 Å². The summed E-state index contributed by atoms with van der Waals surface area (Å²) < 4.78 is 0. The molecule has 0 saturated heterocycles. The summed E-state index contributed by atoms with van der Waals surface area (Å²) in [6, 6.07) is 120. The van der Waals surface area contributed by atoms with E-state index in [1.807, 2.05) is 0 Å². The third kappa shape index (κ3) is 7.12. The minimum Gasteiger partial charge on any atom is -0.0610 e. The van der Waals surface area contributed by atoms with Crippen molar-refractivity contribution in [2.45, 2.75) is 0 Å². The standard InChI is InChI=1S/2C48H26/c1-3-27-7-11-31-19-39(20-32-12-8-28(4-1)43(27)45(31)32)41-23-35-15-17-37-25-42(26-38-18-16-36(24-41)47(35)48(37)38)40-21-33-13-9-29-5-2-6-30-10-14-34(22-40)46(33)44(29)30;1-3-27-9-11-32-21-38(22-33-12-10-28(4-1)43(27)45(32)33)39-23-34-13-15-36-25-40(26-37-16-14-35(24-39)46(34)47(36)37)41-19-17-31-8-7-29-5-2-6-30-18-20-42(41)48(31)44(29)30/h2*1-26H. The van der Waals surface area contributed by atoms with E-state index in [-0.39, 0.29) is 0 Å². The zero-order chi connectivity index (χ0) is 62.2. The summed E-state index contributed by atoms with van der Waals surface area (Å²) in [4.78, 5) is 0. The summed E-state index contributed by atoms with van der Waals surface area (Å²) in [7, 11) is 0. The van der Waals surface area contributed by atoms with Crippen LogP contribution in [-0.4, -0.2) is 0 Å². The van der Waals surface area contributed by atoms with Crippen molar-refractivity contribution in [3.63, 3.8) is 0 Å². The fourth-order valence-electron chi connectivity index (χ4n) is 18.1. The van der Waals surface area contributed by atoms with Crippen LogP contribution in [0.15, 0.2) is 315 Å². The molecule has 0 aliphatic heterocycles. The molecule has 24 aromatic rings.